The van der Waals surface area contributed by atoms with E-state index in [4.69, 9.17) is 4.74 Å². The number of hydrogen-bond acceptors (Lipinski definition) is 3. The minimum atomic E-state index is -0.553. The van der Waals surface area contributed by atoms with Crippen molar-refractivity contribution in [2.24, 2.45) is 0 Å². The molecule has 19 heavy (non-hydrogen) atoms. The molecule has 0 spiro atoms. The zero-order valence-corrected chi connectivity index (χ0v) is 11.3. The van der Waals surface area contributed by atoms with Crippen molar-refractivity contribution in [3.8, 4) is 5.75 Å². The smallest absolute Gasteiger partial charge is 0.263 e. The zero-order chi connectivity index (χ0) is 13.8. The molecule has 4 nitrogen and oxygen atoms in total. The number of benzene rings is 1. The van der Waals surface area contributed by atoms with Crippen LogP contribution in [0, 0.1) is 12.7 Å². The first-order valence-electron chi connectivity index (χ1n) is 6.50. The number of halogens is 1. The van der Waals surface area contributed by atoms with Gasteiger partial charge >= 0.3 is 0 Å². The number of nitrogens with one attached hydrogen (secondary N) is 1. The van der Waals surface area contributed by atoms with Crippen LogP contribution in [0.3, 0.4) is 0 Å². The Kier molecular flexibility index (Phi) is 4.37. The molecule has 1 unspecified atom stereocenters. The van der Waals surface area contributed by atoms with Crippen molar-refractivity contribution < 1.29 is 13.9 Å². The Morgan fingerprint density at radius 2 is 2.11 bits per heavy atom. The minimum Gasteiger partial charge on any atom is -0.481 e. The lowest BCUT2D eigenvalue weighted by atomic mass is 10.2. The van der Waals surface area contributed by atoms with Crippen molar-refractivity contribution in [3.63, 3.8) is 0 Å². The summed E-state index contributed by atoms with van der Waals surface area (Å²) in [7, 11) is 0. The molecule has 1 atom stereocenters. The summed E-state index contributed by atoms with van der Waals surface area (Å²) in [5.74, 6) is 0.229. The van der Waals surface area contributed by atoms with Gasteiger partial charge in [0.2, 0.25) is 0 Å². The monoisotopic (exact) mass is 266 g/mol. The maximum atomic E-state index is 13.1. The Labute approximate surface area is 112 Å². The summed E-state index contributed by atoms with van der Waals surface area (Å²) in [6, 6.07) is 4.51. The van der Waals surface area contributed by atoms with Crippen LogP contribution in [0.1, 0.15) is 12.5 Å². The van der Waals surface area contributed by atoms with Gasteiger partial charge in [-0.1, -0.05) is 0 Å². The largest absolute Gasteiger partial charge is 0.481 e. The highest BCUT2D eigenvalue weighted by Crippen LogP contribution is 2.17. The molecule has 2 rings (SSSR count). The third-order valence-electron chi connectivity index (χ3n) is 3.22. The molecule has 104 valence electrons. The van der Waals surface area contributed by atoms with E-state index in [9.17, 15) is 9.18 Å². The maximum Gasteiger partial charge on any atom is 0.263 e. The van der Waals surface area contributed by atoms with Crippen LogP contribution < -0.4 is 10.1 Å². The van der Waals surface area contributed by atoms with Gasteiger partial charge in [0, 0.05) is 26.2 Å². The lowest BCUT2D eigenvalue weighted by Gasteiger charge is -2.29. The second kappa shape index (κ2) is 6.02. The molecule has 1 N–H and O–H groups in total. The number of ether oxygens (including phenoxy) is 1. The Morgan fingerprint density at radius 1 is 1.42 bits per heavy atom. The molecular weight excluding hydrogens is 247 g/mol. The van der Waals surface area contributed by atoms with Crippen LogP contribution in [0.25, 0.3) is 0 Å². The van der Waals surface area contributed by atoms with Crippen molar-refractivity contribution in [2.75, 3.05) is 26.2 Å². The zero-order valence-electron chi connectivity index (χ0n) is 11.3. The summed E-state index contributed by atoms with van der Waals surface area (Å²) in [6.45, 7) is 6.43. The van der Waals surface area contributed by atoms with Crippen molar-refractivity contribution >= 4 is 5.91 Å². The predicted octanol–water partition coefficient (Wildman–Crippen LogP) is 1.33. The number of carbonyl (C=O) groups is 1. The van der Waals surface area contributed by atoms with E-state index in [2.05, 4.69) is 5.32 Å². The van der Waals surface area contributed by atoms with Crippen molar-refractivity contribution in [1.29, 1.82) is 0 Å². The van der Waals surface area contributed by atoms with Crippen LogP contribution in [0.2, 0.25) is 0 Å². The highest BCUT2D eigenvalue weighted by molar-refractivity contribution is 5.81. The van der Waals surface area contributed by atoms with Crippen LogP contribution in [0.4, 0.5) is 4.39 Å². The lowest BCUT2D eigenvalue weighted by Crippen LogP contribution is -2.50. The predicted molar refractivity (Wildman–Crippen MR) is 70.7 cm³/mol. The first-order valence-corrected chi connectivity index (χ1v) is 6.50. The molecule has 0 aliphatic carbocycles. The van der Waals surface area contributed by atoms with E-state index >= 15 is 0 Å². The second-order valence-corrected chi connectivity index (χ2v) is 4.75. The van der Waals surface area contributed by atoms with Gasteiger partial charge in [-0.15, -0.1) is 0 Å². The van der Waals surface area contributed by atoms with Crippen LogP contribution >= 0.6 is 0 Å². The molecule has 1 aliphatic heterocycles. The van der Waals surface area contributed by atoms with Crippen molar-refractivity contribution in [3.05, 3.63) is 29.6 Å². The summed E-state index contributed by atoms with van der Waals surface area (Å²) in [4.78, 5) is 13.9. The van der Waals surface area contributed by atoms with Crippen molar-refractivity contribution in [1.82, 2.24) is 10.2 Å². The molecule has 1 fully saturated rings. The number of carbonyl (C=O) groups excluding carboxylic acids is 1. The van der Waals surface area contributed by atoms with Gasteiger partial charge in [0.15, 0.2) is 6.10 Å². The summed E-state index contributed by atoms with van der Waals surface area (Å²) in [6.07, 6.45) is -0.553. The van der Waals surface area contributed by atoms with Crippen LogP contribution in [0.15, 0.2) is 18.2 Å². The first-order chi connectivity index (χ1) is 9.08. The van der Waals surface area contributed by atoms with E-state index in [0.717, 1.165) is 13.1 Å². The fourth-order valence-corrected chi connectivity index (χ4v) is 2.09. The normalized spacial score (nSPS) is 17.1. The summed E-state index contributed by atoms with van der Waals surface area (Å²) in [5, 5.41) is 3.20. The van der Waals surface area contributed by atoms with E-state index < -0.39 is 6.10 Å². The van der Waals surface area contributed by atoms with E-state index in [1.807, 2.05) is 0 Å². The fraction of sp³-hybridized carbons (Fsp3) is 0.500. The molecule has 0 aromatic heterocycles. The summed E-state index contributed by atoms with van der Waals surface area (Å²) >= 11 is 0. The van der Waals surface area contributed by atoms with Crippen LogP contribution in [-0.4, -0.2) is 43.1 Å². The molecule has 1 aromatic rings. The summed E-state index contributed by atoms with van der Waals surface area (Å²) < 4.78 is 18.7. The molecule has 0 saturated carbocycles. The quantitative estimate of drug-likeness (QED) is 0.897. The number of piperazine rings is 1. The standard InChI is InChI=1S/C14H19FN2O2/c1-10-9-12(3-4-13(10)15)19-11(2)14(18)17-7-5-16-6-8-17/h3-4,9,11,16H,5-8H2,1-2H3. The topological polar surface area (TPSA) is 41.6 Å². The van der Waals surface area contributed by atoms with Crippen molar-refractivity contribution in [2.45, 2.75) is 20.0 Å². The van der Waals surface area contributed by atoms with Gasteiger partial charge in [0.25, 0.3) is 5.91 Å². The average molecular weight is 266 g/mol. The molecule has 1 aliphatic rings. The van der Waals surface area contributed by atoms with E-state index in [-0.39, 0.29) is 11.7 Å². The number of aryl methyl sites for hydroxylation is 1. The highest BCUT2D eigenvalue weighted by Gasteiger charge is 2.23. The number of rotatable bonds is 3. The van der Waals surface area contributed by atoms with Gasteiger partial charge in [0.1, 0.15) is 11.6 Å². The Balaban J connectivity index is 1.97. The molecule has 1 heterocycles. The number of nitrogens with zero attached hydrogens (tertiary/aromatic N) is 1. The van der Waals surface area contributed by atoms with Gasteiger partial charge in [-0.05, 0) is 37.6 Å². The van der Waals surface area contributed by atoms with Gasteiger partial charge in [-0.2, -0.15) is 0 Å². The highest BCUT2D eigenvalue weighted by atomic mass is 19.1. The van der Waals surface area contributed by atoms with E-state index in [1.54, 1.807) is 30.9 Å². The van der Waals surface area contributed by atoms with Crippen LogP contribution in [-0.2, 0) is 4.79 Å². The molecule has 1 saturated heterocycles. The van der Waals surface area contributed by atoms with Crippen LogP contribution in [0.5, 0.6) is 5.75 Å². The molecular formula is C14H19FN2O2. The third kappa shape index (κ3) is 3.44. The average Bonchev–Trinajstić information content (AvgIpc) is 2.43. The molecule has 0 radical (unpaired) electrons. The number of hydrogen-bond donors (Lipinski definition) is 1. The minimum absolute atomic E-state index is 0.0246. The molecule has 5 heteroatoms. The lowest BCUT2D eigenvalue weighted by molar-refractivity contribution is -0.138. The van der Waals surface area contributed by atoms with Gasteiger partial charge < -0.3 is 15.0 Å². The Hall–Kier alpha value is -1.62. The van der Waals surface area contributed by atoms with E-state index in [0.29, 0.717) is 24.4 Å². The van der Waals surface area contributed by atoms with Gasteiger partial charge in [-0.3, -0.25) is 4.79 Å². The van der Waals surface area contributed by atoms with Gasteiger partial charge in [0.05, 0.1) is 0 Å². The number of amides is 1. The maximum absolute atomic E-state index is 13.1. The molecule has 0 bridgehead atoms. The Morgan fingerprint density at radius 3 is 2.74 bits per heavy atom. The third-order valence-corrected chi connectivity index (χ3v) is 3.22. The SMILES string of the molecule is Cc1cc(OC(C)C(=O)N2CCNCC2)ccc1F. The van der Waals surface area contributed by atoms with Gasteiger partial charge in [-0.25, -0.2) is 4.39 Å². The molecule has 1 aromatic carbocycles. The summed E-state index contributed by atoms with van der Waals surface area (Å²) in [5.41, 5.74) is 0.513. The second-order valence-electron chi connectivity index (χ2n) is 4.75. The molecule has 1 amide bonds. The first kappa shape index (κ1) is 13.8. The van der Waals surface area contributed by atoms with E-state index in [1.165, 1.54) is 6.07 Å². The Bertz CT molecular complexity index is 459. The fourth-order valence-electron chi connectivity index (χ4n) is 2.09.